The molecule has 7 nitrogen and oxygen atoms in total. The van der Waals surface area contributed by atoms with Crippen LogP contribution in [-0.2, 0) is 9.53 Å². The van der Waals surface area contributed by atoms with E-state index >= 15 is 0 Å². The monoisotopic (exact) mass is 340 g/mol. The van der Waals surface area contributed by atoms with E-state index in [-0.39, 0.29) is 41.7 Å². The molecule has 8 heteroatoms. The van der Waals surface area contributed by atoms with Crippen molar-refractivity contribution in [2.24, 2.45) is 0 Å². The average molecular weight is 340 g/mol. The molecule has 0 spiro atoms. The average Bonchev–Trinajstić information content (AvgIpc) is 2.44. The van der Waals surface area contributed by atoms with Crippen LogP contribution in [0.4, 0.5) is 5.82 Å². The predicted molar refractivity (Wildman–Crippen MR) is 90.2 cm³/mol. The van der Waals surface area contributed by atoms with Crippen LogP contribution < -0.4 is 5.73 Å². The second-order valence-electron chi connectivity index (χ2n) is 5.45. The fourth-order valence-electron chi connectivity index (χ4n) is 2.19. The van der Waals surface area contributed by atoms with Gasteiger partial charge in [-0.05, 0) is 34.6 Å². The summed E-state index contributed by atoms with van der Waals surface area (Å²) < 4.78 is 4.86. The Hall–Kier alpha value is -1.83. The molecule has 0 saturated carbocycles. The van der Waals surface area contributed by atoms with Gasteiger partial charge in [0.25, 0.3) is 0 Å². The fourth-order valence-corrected chi connectivity index (χ4v) is 2.88. The molecule has 1 heterocycles. The van der Waals surface area contributed by atoms with Crippen LogP contribution in [0.1, 0.15) is 45.0 Å². The zero-order valence-electron chi connectivity index (χ0n) is 14.2. The summed E-state index contributed by atoms with van der Waals surface area (Å²) in [5, 5.41) is 0.358. The first-order valence-corrected chi connectivity index (χ1v) is 8.50. The molecule has 0 aliphatic rings. The summed E-state index contributed by atoms with van der Waals surface area (Å²) in [6.45, 7) is 9.87. The lowest BCUT2D eigenvalue weighted by atomic mass is 10.2. The highest BCUT2D eigenvalue weighted by molar-refractivity contribution is 7.99. The van der Waals surface area contributed by atoms with E-state index in [9.17, 15) is 9.59 Å². The van der Waals surface area contributed by atoms with Crippen LogP contribution >= 0.6 is 11.8 Å². The number of hydrogen-bond acceptors (Lipinski definition) is 7. The van der Waals surface area contributed by atoms with Crippen LogP contribution in [0.3, 0.4) is 0 Å². The molecule has 0 atom stereocenters. The van der Waals surface area contributed by atoms with Gasteiger partial charge in [0.1, 0.15) is 11.4 Å². The maximum absolute atomic E-state index is 12.3. The zero-order valence-corrected chi connectivity index (χ0v) is 15.0. The zero-order chi connectivity index (χ0) is 17.6. The maximum atomic E-state index is 12.3. The van der Waals surface area contributed by atoms with Crippen molar-refractivity contribution in [3.63, 3.8) is 0 Å². The number of anilines is 1. The van der Waals surface area contributed by atoms with Crippen LogP contribution in [0.25, 0.3) is 0 Å². The van der Waals surface area contributed by atoms with Gasteiger partial charge in [0.15, 0.2) is 5.16 Å². The second-order valence-corrected chi connectivity index (χ2v) is 6.39. The van der Waals surface area contributed by atoms with Crippen LogP contribution in [0.2, 0.25) is 0 Å². The molecule has 0 bridgehead atoms. The standard InChI is InChI=1S/C15H24N4O3S/c1-6-22-14(21)11-7-17-15(18-13(11)16)23-8-12(20)19(9(2)3)10(4)5/h7,9-10H,6,8H2,1-5H3,(H2,16,17,18). The van der Waals surface area contributed by atoms with Crippen LogP contribution in [0, 0.1) is 0 Å². The molecular formula is C15H24N4O3S. The molecule has 0 aromatic carbocycles. The van der Waals surface area contributed by atoms with Gasteiger partial charge in [0.2, 0.25) is 5.91 Å². The van der Waals surface area contributed by atoms with Crippen LogP contribution in [0.15, 0.2) is 11.4 Å². The number of nitrogens with zero attached hydrogens (tertiary/aromatic N) is 3. The Labute approximate surface area is 141 Å². The van der Waals surface area contributed by atoms with Gasteiger partial charge in [-0.1, -0.05) is 11.8 Å². The number of amides is 1. The summed E-state index contributed by atoms with van der Waals surface area (Å²) >= 11 is 1.19. The molecule has 2 N–H and O–H groups in total. The Morgan fingerprint density at radius 3 is 2.39 bits per heavy atom. The third-order valence-electron chi connectivity index (χ3n) is 3.02. The van der Waals surface area contributed by atoms with E-state index in [1.807, 2.05) is 32.6 Å². The lowest BCUT2D eigenvalue weighted by Gasteiger charge is -2.30. The van der Waals surface area contributed by atoms with Crippen molar-refractivity contribution in [3.8, 4) is 0 Å². The van der Waals surface area contributed by atoms with Gasteiger partial charge in [0.05, 0.1) is 12.4 Å². The highest BCUT2D eigenvalue weighted by Gasteiger charge is 2.21. The molecule has 1 aromatic rings. The van der Waals surface area contributed by atoms with E-state index in [1.165, 1.54) is 18.0 Å². The molecule has 0 saturated heterocycles. The summed E-state index contributed by atoms with van der Waals surface area (Å²) in [5.41, 5.74) is 5.89. The molecule has 1 aromatic heterocycles. The number of nitrogen functional groups attached to an aromatic ring is 1. The summed E-state index contributed by atoms with van der Waals surface area (Å²) in [7, 11) is 0. The van der Waals surface area contributed by atoms with E-state index in [2.05, 4.69) is 9.97 Å². The van der Waals surface area contributed by atoms with E-state index in [1.54, 1.807) is 6.92 Å². The summed E-state index contributed by atoms with van der Waals surface area (Å²) in [6.07, 6.45) is 1.33. The topological polar surface area (TPSA) is 98.4 Å². The van der Waals surface area contributed by atoms with Crippen LogP contribution in [0.5, 0.6) is 0 Å². The van der Waals surface area contributed by atoms with Crippen molar-refractivity contribution in [2.75, 3.05) is 18.1 Å². The Morgan fingerprint density at radius 1 is 1.30 bits per heavy atom. The van der Waals surface area contributed by atoms with Gasteiger partial charge >= 0.3 is 5.97 Å². The first kappa shape index (κ1) is 19.2. The number of hydrogen-bond donors (Lipinski definition) is 1. The van der Waals surface area contributed by atoms with Crippen LogP contribution in [-0.4, -0.2) is 51.2 Å². The summed E-state index contributed by atoms with van der Waals surface area (Å²) in [5.74, 6) is -0.271. The minimum atomic E-state index is -0.552. The largest absolute Gasteiger partial charge is 0.462 e. The van der Waals surface area contributed by atoms with Crippen molar-refractivity contribution < 1.29 is 14.3 Å². The Bertz CT molecular complexity index is 556. The van der Waals surface area contributed by atoms with Crippen molar-refractivity contribution >= 4 is 29.5 Å². The number of carbonyl (C=O) groups is 2. The number of thioether (sulfide) groups is 1. The van der Waals surface area contributed by atoms with Crippen molar-refractivity contribution in [1.29, 1.82) is 0 Å². The molecule has 1 amide bonds. The van der Waals surface area contributed by atoms with Gasteiger partial charge in [-0.2, -0.15) is 0 Å². The highest BCUT2D eigenvalue weighted by atomic mass is 32.2. The normalized spacial score (nSPS) is 10.9. The number of ether oxygens (including phenoxy) is 1. The lowest BCUT2D eigenvalue weighted by molar-refractivity contribution is -0.131. The lowest BCUT2D eigenvalue weighted by Crippen LogP contribution is -2.43. The van der Waals surface area contributed by atoms with E-state index in [0.29, 0.717) is 5.16 Å². The number of esters is 1. The van der Waals surface area contributed by atoms with Gasteiger partial charge in [0, 0.05) is 18.3 Å². The summed E-state index contributed by atoms with van der Waals surface area (Å²) in [4.78, 5) is 33.8. The van der Waals surface area contributed by atoms with Gasteiger partial charge in [-0.3, -0.25) is 4.79 Å². The maximum Gasteiger partial charge on any atom is 0.343 e. The Balaban J connectivity index is 2.74. The smallest absolute Gasteiger partial charge is 0.343 e. The molecule has 128 valence electrons. The Kier molecular flexibility index (Phi) is 7.28. The first-order valence-electron chi connectivity index (χ1n) is 7.51. The first-order chi connectivity index (χ1) is 10.8. The van der Waals surface area contributed by atoms with E-state index < -0.39 is 5.97 Å². The number of carbonyl (C=O) groups excluding carboxylic acids is 2. The summed E-state index contributed by atoms with van der Waals surface area (Å²) in [6, 6.07) is 0.251. The minimum Gasteiger partial charge on any atom is -0.462 e. The molecule has 0 unspecified atom stereocenters. The van der Waals surface area contributed by atoms with Gasteiger partial charge < -0.3 is 15.4 Å². The molecule has 0 aliphatic heterocycles. The Morgan fingerprint density at radius 2 is 1.91 bits per heavy atom. The molecule has 1 rings (SSSR count). The van der Waals surface area contributed by atoms with Crippen molar-refractivity contribution in [2.45, 2.75) is 51.9 Å². The second kappa shape index (κ2) is 8.71. The number of aromatic nitrogens is 2. The molecule has 0 fully saturated rings. The van der Waals surface area contributed by atoms with Crippen molar-refractivity contribution in [1.82, 2.24) is 14.9 Å². The van der Waals surface area contributed by atoms with Gasteiger partial charge in [-0.25, -0.2) is 14.8 Å². The van der Waals surface area contributed by atoms with Gasteiger partial charge in [-0.15, -0.1) is 0 Å². The number of rotatable bonds is 7. The molecule has 23 heavy (non-hydrogen) atoms. The van der Waals surface area contributed by atoms with E-state index in [0.717, 1.165) is 0 Å². The van der Waals surface area contributed by atoms with E-state index in [4.69, 9.17) is 10.5 Å². The molecular weight excluding hydrogens is 316 g/mol. The quantitative estimate of drug-likeness (QED) is 0.460. The predicted octanol–water partition coefficient (Wildman–Crippen LogP) is 1.97. The minimum absolute atomic E-state index is 0.0108. The molecule has 0 aliphatic carbocycles. The molecule has 0 radical (unpaired) electrons. The van der Waals surface area contributed by atoms with Crippen molar-refractivity contribution in [3.05, 3.63) is 11.8 Å². The SMILES string of the molecule is CCOC(=O)c1cnc(SCC(=O)N(C(C)C)C(C)C)nc1N. The third kappa shape index (κ3) is 5.38. The highest BCUT2D eigenvalue weighted by Crippen LogP contribution is 2.18. The number of nitrogens with two attached hydrogens (primary N) is 1. The third-order valence-corrected chi connectivity index (χ3v) is 3.86. The fraction of sp³-hybridized carbons (Fsp3) is 0.600.